The van der Waals surface area contributed by atoms with Gasteiger partial charge in [0.2, 0.25) is 0 Å². The molecule has 0 saturated heterocycles. The third-order valence-corrected chi connectivity index (χ3v) is 5.88. The van der Waals surface area contributed by atoms with Gasteiger partial charge in [-0.05, 0) is 18.1 Å². The number of rotatable bonds is 9. The first-order valence-corrected chi connectivity index (χ1v) is 11.4. The van der Waals surface area contributed by atoms with Crippen molar-refractivity contribution in [3.63, 3.8) is 0 Å². The van der Waals surface area contributed by atoms with Crippen LogP contribution in [0.1, 0.15) is 29.6 Å². The topological polar surface area (TPSA) is 138 Å². The predicted molar refractivity (Wildman–Crippen MR) is 107 cm³/mol. The second-order valence-electron chi connectivity index (χ2n) is 6.04. The number of carbonyl (C=O) groups excluding carboxylic acids is 1. The molecule has 14 heteroatoms. The van der Waals surface area contributed by atoms with Gasteiger partial charge in [-0.1, -0.05) is 47.5 Å². The van der Waals surface area contributed by atoms with E-state index in [0.717, 1.165) is 15.4 Å². The Hall–Kier alpha value is -0.1000. The van der Waals surface area contributed by atoms with Crippen LogP contribution in [0.25, 0.3) is 10.4 Å². The van der Waals surface area contributed by atoms with Gasteiger partial charge in [0.1, 0.15) is 17.8 Å². The Kier molecular flexibility index (Phi) is 11.4. The Morgan fingerprint density at radius 2 is 2.03 bits per heavy atom. The Labute approximate surface area is 208 Å². The first-order valence-electron chi connectivity index (χ1n) is 8.20. The molecule has 2 aromatic rings. The molecule has 0 aliphatic heterocycles. The number of nitrogens with two attached hydrogens (primary N) is 1. The molecule has 1 heterocycles. The third kappa shape index (κ3) is 8.11. The fourth-order valence-electron chi connectivity index (χ4n) is 2.42. The minimum absolute atomic E-state index is 0. The molecular formula is C16H18Cl2FN3NaO5PS. The SMILES string of the molecule is CC(N)c1ncc(-c2ccc(C(OP(=O)([O-])O)C(CF)NC(=O)C(Cl)Cl)cc2)s1.[Na+]. The molecule has 1 amide bonds. The van der Waals surface area contributed by atoms with Crippen molar-refractivity contribution in [2.45, 2.75) is 29.9 Å². The second-order valence-corrected chi connectivity index (χ2v) is 9.34. The second kappa shape index (κ2) is 12.2. The van der Waals surface area contributed by atoms with E-state index in [1.165, 1.54) is 23.5 Å². The number of hydrogen-bond acceptors (Lipinski definition) is 7. The number of alkyl halides is 3. The summed E-state index contributed by atoms with van der Waals surface area (Å²) in [7, 11) is -5.25. The number of carbonyl (C=O) groups is 1. The van der Waals surface area contributed by atoms with Crippen molar-refractivity contribution in [2.75, 3.05) is 6.67 Å². The van der Waals surface area contributed by atoms with E-state index in [-0.39, 0.29) is 41.2 Å². The Morgan fingerprint density at radius 3 is 2.47 bits per heavy atom. The smallest absolute Gasteiger partial charge is 0.756 e. The maximum absolute atomic E-state index is 13.5. The van der Waals surface area contributed by atoms with Crippen LogP contribution in [-0.4, -0.2) is 33.3 Å². The molecule has 0 spiro atoms. The number of phosphoric acid groups is 1. The molecule has 2 rings (SSSR count). The number of halogens is 3. The molecule has 4 unspecified atom stereocenters. The van der Waals surface area contributed by atoms with Crippen LogP contribution in [0.4, 0.5) is 4.39 Å². The van der Waals surface area contributed by atoms with E-state index in [0.29, 0.717) is 0 Å². The van der Waals surface area contributed by atoms with Crippen LogP contribution in [0.2, 0.25) is 0 Å². The average Bonchev–Trinajstić information content (AvgIpc) is 3.14. The van der Waals surface area contributed by atoms with Crippen molar-refractivity contribution in [3.05, 3.63) is 41.0 Å². The summed E-state index contributed by atoms with van der Waals surface area (Å²) in [5.41, 5.74) is 6.75. The van der Waals surface area contributed by atoms with Gasteiger partial charge in [0.15, 0.2) is 4.84 Å². The molecule has 30 heavy (non-hydrogen) atoms. The van der Waals surface area contributed by atoms with Gasteiger partial charge in [-0.3, -0.25) is 9.36 Å². The fourth-order valence-corrected chi connectivity index (χ4v) is 3.98. The summed E-state index contributed by atoms with van der Waals surface area (Å²) in [6.07, 6.45) is 0.108. The van der Waals surface area contributed by atoms with Crippen LogP contribution in [-0.2, 0) is 13.9 Å². The number of benzene rings is 1. The van der Waals surface area contributed by atoms with Crippen LogP contribution in [0.5, 0.6) is 0 Å². The molecule has 0 radical (unpaired) electrons. The van der Waals surface area contributed by atoms with E-state index in [1.807, 2.05) is 0 Å². The van der Waals surface area contributed by atoms with E-state index in [1.54, 1.807) is 25.3 Å². The van der Waals surface area contributed by atoms with Crippen LogP contribution in [0.15, 0.2) is 30.5 Å². The van der Waals surface area contributed by atoms with Gasteiger partial charge in [-0.25, -0.2) is 9.37 Å². The predicted octanol–water partition coefficient (Wildman–Crippen LogP) is -0.390. The largest absolute Gasteiger partial charge is 1.00 e. The molecule has 4 atom stereocenters. The molecule has 1 aromatic carbocycles. The van der Waals surface area contributed by atoms with Gasteiger partial charge in [0, 0.05) is 6.20 Å². The van der Waals surface area contributed by atoms with Crippen LogP contribution >= 0.6 is 42.4 Å². The molecule has 4 N–H and O–H groups in total. The summed E-state index contributed by atoms with van der Waals surface area (Å²) in [5, 5.41) is 2.90. The van der Waals surface area contributed by atoms with Crippen molar-refractivity contribution < 1.29 is 57.6 Å². The number of nitrogens with zero attached hydrogens (tertiary/aromatic N) is 1. The van der Waals surface area contributed by atoms with Crippen molar-refractivity contribution in [2.24, 2.45) is 5.73 Å². The van der Waals surface area contributed by atoms with Crippen molar-refractivity contribution in [1.29, 1.82) is 0 Å². The minimum Gasteiger partial charge on any atom is -0.756 e. The number of amides is 1. The number of aromatic nitrogens is 1. The molecule has 0 fully saturated rings. The number of nitrogens with one attached hydrogen (secondary N) is 1. The quantitative estimate of drug-likeness (QED) is 0.238. The molecule has 1 aromatic heterocycles. The molecule has 0 bridgehead atoms. The zero-order valence-electron chi connectivity index (χ0n) is 16.0. The van der Waals surface area contributed by atoms with Gasteiger partial charge in [-0.2, -0.15) is 0 Å². The molecule has 0 aliphatic carbocycles. The van der Waals surface area contributed by atoms with Crippen LogP contribution in [0.3, 0.4) is 0 Å². The Morgan fingerprint density at radius 1 is 1.43 bits per heavy atom. The summed E-state index contributed by atoms with van der Waals surface area (Å²) in [4.78, 5) is 35.6. The van der Waals surface area contributed by atoms with E-state index < -0.39 is 37.4 Å². The van der Waals surface area contributed by atoms with E-state index >= 15 is 0 Å². The summed E-state index contributed by atoms with van der Waals surface area (Å²) in [6, 6.07) is 4.56. The van der Waals surface area contributed by atoms with Gasteiger partial charge >= 0.3 is 29.6 Å². The van der Waals surface area contributed by atoms with Gasteiger partial charge in [0.05, 0.1) is 17.0 Å². The number of thiazole rings is 1. The normalized spacial score (nSPS) is 16.3. The van der Waals surface area contributed by atoms with E-state index in [9.17, 15) is 18.6 Å². The van der Waals surface area contributed by atoms with Crippen molar-refractivity contribution in [1.82, 2.24) is 10.3 Å². The standard InChI is InChI=1S/C16H19Cl2FN3O5PS.Na/c1-8(20)16-21-7-12(29-16)9-2-4-10(5-3-9)13(27-28(24,25)26)11(6-19)22-15(23)14(17)18;/h2-5,7-8,11,13-14H,6,20H2,1H3,(H,22,23)(H2,24,25,26);/q;+1/p-1. The maximum Gasteiger partial charge on any atom is 1.00 e. The molecule has 0 aliphatic rings. The monoisotopic (exact) mass is 507 g/mol. The molecular weight excluding hydrogens is 490 g/mol. The molecule has 0 saturated carbocycles. The third-order valence-electron chi connectivity index (χ3n) is 3.74. The Balaban J connectivity index is 0.00000450. The average molecular weight is 508 g/mol. The number of phosphoric ester groups is 1. The number of hydrogen-bond donors (Lipinski definition) is 3. The summed E-state index contributed by atoms with van der Waals surface area (Å²) in [5.74, 6) is -0.937. The van der Waals surface area contributed by atoms with Gasteiger partial charge in [-0.15, -0.1) is 11.3 Å². The van der Waals surface area contributed by atoms with Crippen LogP contribution < -0.4 is 45.5 Å². The zero-order valence-corrected chi connectivity index (χ0v) is 21.2. The van der Waals surface area contributed by atoms with Gasteiger partial charge < -0.3 is 25.4 Å². The van der Waals surface area contributed by atoms with E-state index in [2.05, 4.69) is 14.8 Å². The fraction of sp³-hybridized carbons (Fsp3) is 0.375. The van der Waals surface area contributed by atoms with Crippen molar-refractivity contribution in [3.8, 4) is 10.4 Å². The summed E-state index contributed by atoms with van der Waals surface area (Å²) in [6.45, 7) is 0.604. The zero-order chi connectivity index (χ0) is 21.8. The molecule has 8 nitrogen and oxygen atoms in total. The van der Waals surface area contributed by atoms with Crippen molar-refractivity contribution >= 4 is 48.3 Å². The summed E-state index contributed by atoms with van der Waals surface area (Å²) < 4.78 is 29.4. The summed E-state index contributed by atoms with van der Waals surface area (Å²) >= 11 is 12.3. The Bertz CT molecular complexity index is 884. The van der Waals surface area contributed by atoms with Crippen LogP contribution in [0, 0.1) is 0 Å². The maximum atomic E-state index is 13.5. The molecule has 160 valence electrons. The first-order chi connectivity index (χ1) is 13.5. The van der Waals surface area contributed by atoms with E-state index in [4.69, 9.17) is 33.8 Å². The first kappa shape index (κ1) is 27.9. The van der Waals surface area contributed by atoms with Gasteiger partial charge in [0.25, 0.3) is 13.7 Å². The minimum atomic E-state index is -5.25.